The Bertz CT molecular complexity index is 2810. The Morgan fingerprint density at radius 2 is 1.37 bits per heavy atom. The van der Waals surface area contributed by atoms with E-state index in [-0.39, 0.29) is 46.3 Å². The maximum absolute atomic E-state index is 16.0. The summed E-state index contributed by atoms with van der Waals surface area (Å²) in [5.74, 6) is 3.36. The maximum atomic E-state index is 16.0. The monoisotopic (exact) mass is 1340 g/mol. The molecule has 3 aliphatic heterocycles. The summed E-state index contributed by atoms with van der Waals surface area (Å²) in [6.07, 6.45) is -2.80. The van der Waals surface area contributed by atoms with Gasteiger partial charge in [-0.25, -0.2) is 4.79 Å². The van der Waals surface area contributed by atoms with Gasteiger partial charge in [0.15, 0.2) is 18.7 Å². The van der Waals surface area contributed by atoms with E-state index in [9.17, 15) is 55.5 Å². The molecule has 0 spiro atoms. The number of carbonyl (C=O) groups is 3. The average molecular weight is 1340 g/mol. The molecular formula is C75H121NO19. The van der Waals surface area contributed by atoms with Crippen LogP contribution in [-0.2, 0) is 42.7 Å². The number of carbonyl (C=O) groups excluding carboxylic acids is 3. The average Bonchev–Trinajstić information content (AvgIpc) is 1.10. The zero-order chi connectivity index (χ0) is 68.7. The largest absolute Gasteiger partial charge is 0.446 e. The van der Waals surface area contributed by atoms with Crippen molar-refractivity contribution in [3.8, 4) is 0 Å². The number of fused-ring (bicyclic) bond motifs is 12. The van der Waals surface area contributed by atoms with E-state index >= 15 is 4.79 Å². The fourth-order valence-corrected chi connectivity index (χ4v) is 24.5. The number of ether oxygens (including phenoxy) is 7. The van der Waals surface area contributed by atoms with Crippen molar-refractivity contribution < 1.29 is 93.5 Å². The number of allylic oxidation sites excluding steroid dienone is 2. The van der Waals surface area contributed by atoms with E-state index in [0.717, 1.165) is 67.6 Å². The molecule has 12 aliphatic rings. The summed E-state index contributed by atoms with van der Waals surface area (Å²) in [6.45, 7) is 25.7. The first-order valence-corrected chi connectivity index (χ1v) is 37.3. The molecule has 0 aromatic heterocycles. The molecule has 12 rings (SSSR count). The van der Waals surface area contributed by atoms with Crippen LogP contribution in [-0.4, -0.2) is 182 Å². The predicted octanol–water partition coefficient (Wildman–Crippen LogP) is 8.18. The Hall–Kier alpha value is -2.41. The summed E-state index contributed by atoms with van der Waals surface area (Å²) in [5, 5.41) is 106. The van der Waals surface area contributed by atoms with Gasteiger partial charge in [0.1, 0.15) is 66.6 Å². The van der Waals surface area contributed by atoms with Gasteiger partial charge in [-0.3, -0.25) is 4.79 Å². The minimum absolute atomic E-state index is 0.0452. The highest BCUT2D eigenvalue weighted by molar-refractivity contribution is 5.80. The van der Waals surface area contributed by atoms with E-state index < -0.39 is 152 Å². The summed E-state index contributed by atoms with van der Waals surface area (Å²) in [5.41, 5.74) is -2.41. The number of amides is 1. The summed E-state index contributed by atoms with van der Waals surface area (Å²) in [7, 11) is 0. The van der Waals surface area contributed by atoms with Gasteiger partial charge in [-0.05, 0) is 214 Å². The fraction of sp³-hybridized carbons (Fsp3) is 0.933. The summed E-state index contributed by atoms with van der Waals surface area (Å²) in [6, 6.07) is -1.45. The van der Waals surface area contributed by atoms with Crippen molar-refractivity contribution >= 4 is 18.3 Å². The molecule has 3 saturated heterocycles. The molecule has 3 heterocycles. The van der Waals surface area contributed by atoms with Crippen LogP contribution in [0.1, 0.15) is 218 Å². The van der Waals surface area contributed by atoms with Gasteiger partial charge in [-0.15, -0.1) is 0 Å². The van der Waals surface area contributed by atoms with Gasteiger partial charge in [0, 0.05) is 0 Å². The third-order valence-electron chi connectivity index (χ3n) is 30.3. The maximum Gasteiger partial charge on any atom is 0.407 e. The molecule has 33 atom stereocenters. The number of rotatable bonds is 15. The Morgan fingerprint density at radius 3 is 2.08 bits per heavy atom. The van der Waals surface area contributed by atoms with Crippen molar-refractivity contribution in [3.05, 3.63) is 11.6 Å². The van der Waals surface area contributed by atoms with Crippen LogP contribution in [0, 0.1) is 102 Å². The Morgan fingerprint density at radius 1 is 0.674 bits per heavy atom. The number of hydrogen-bond acceptors (Lipinski definition) is 19. The Balaban J connectivity index is 0.782. The number of esters is 1. The lowest BCUT2D eigenvalue weighted by molar-refractivity contribution is -0.370. The lowest BCUT2D eigenvalue weighted by Gasteiger charge is -2.71. The number of hydrogen-bond donors (Lipinski definition) is 10. The van der Waals surface area contributed by atoms with Gasteiger partial charge in [0.05, 0.1) is 43.0 Å². The quantitative estimate of drug-likeness (QED) is 0.0420. The van der Waals surface area contributed by atoms with E-state index in [4.69, 9.17) is 33.2 Å². The van der Waals surface area contributed by atoms with E-state index in [1.807, 2.05) is 6.92 Å². The molecule has 9 aliphatic carbocycles. The van der Waals surface area contributed by atoms with Crippen LogP contribution in [0.5, 0.6) is 0 Å². The third kappa shape index (κ3) is 11.9. The molecule has 540 valence electrons. The van der Waals surface area contributed by atoms with Crippen LogP contribution in [0.3, 0.4) is 0 Å². The molecule has 0 bridgehead atoms. The lowest BCUT2D eigenvalue weighted by Crippen LogP contribution is -2.69. The third-order valence-corrected chi connectivity index (χ3v) is 30.3. The van der Waals surface area contributed by atoms with Crippen molar-refractivity contribution in [1.82, 2.24) is 5.32 Å². The highest BCUT2D eigenvalue weighted by Crippen LogP contribution is 2.76. The second-order valence-electron chi connectivity index (χ2n) is 35.9. The van der Waals surface area contributed by atoms with Crippen LogP contribution >= 0.6 is 0 Å². The second-order valence-corrected chi connectivity index (χ2v) is 35.9. The minimum Gasteiger partial charge on any atom is -0.446 e. The van der Waals surface area contributed by atoms with E-state index in [1.165, 1.54) is 58.3 Å². The van der Waals surface area contributed by atoms with Crippen LogP contribution in [0.2, 0.25) is 0 Å². The number of aldehydes is 1. The molecule has 1 amide bonds. The smallest absolute Gasteiger partial charge is 0.407 e. The molecule has 0 aromatic rings. The molecule has 8 saturated carbocycles. The zero-order valence-corrected chi connectivity index (χ0v) is 59.1. The number of nitrogens with one attached hydrogen (secondary N) is 1. The Labute approximate surface area is 564 Å². The zero-order valence-electron chi connectivity index (χ0n) is 59.1. The highest BCUT2D eigenvalue weighted by atomic mass is 16.8. The van der Waals surface area contributed by atoms with Gasteiger partial charge in [0.2, 0.25) is 6.29 Å². The summed E-state index contributed by atoms with van der Waals surface area (Å²) < 4.78 is 43.5. The van der Waals surface area contributed by atoms with Crippen LogP contribution < -0.4 is 5.32 Å². The fourth-order valence-electron chi connectivity index (χ4n) is 24.5. The standard InChI is InChI=1S/C75H121NO19/c1-38(2)14-13-15-39(3)44-18-19-45-43-17-16-41-32-42(22-26-69(41,7)46(43)23-27-70(44,45)8)91-67(88)76-55-50(35-77)92-65(62(57(55)83)94-64-60(86)58(84)61(40(4)90-64)93-63-59(85)56(82)49(79)36-89-63)95-66(87)75-31-30-68(5,6)33-48(75)47-20-21-52-71(9)28-25-53(80)72(10,37-78)51(71)24-29-73(52,11)74(47,12)34-54(75)81/h20,37-46,48-65,77,79-86H,13-19,21-36H2,1-12H3,(H,76,88)/t39-,40-,41+,42+,43-,44?,45+,46?,48?,49-,50-,51-,52?,53+,54+,55+,56?,57?,58?,59?,60?,61+,62?,63+,64+,65+,69?,70?,71?,72?,73?,74-,75-/m1/s1. The molecule has 10 N–H and O–H groups in total. The van der Waals surface area contributed by atoms with Crippen molar-refractivity contribution in [2.75, 3.05) is 13.2 Å². The molecule has 0 radical (unpaired) electrons. The van der Waals surface area contributed by atoms with E-state index in [0.29, 0.717) is 61.7 Å². The number of aliphatic hydroxyl groups excluding tert-OH is 9. The van der Waals surface area contributed by atoms with Gasteiger partial charge in [-0.1, -0.05) is 107 Å². The van der Waals surface area contributed by atoms with Crippen molar-refractivity contribution in [2.24, 2.45) is 102 Å². The van der Waals surface area contributed by atoms with Gasteiger partial charge in [-0.2, -0.15) is 0 Å². The molecule has 95 heavy (non-hydrogen) atoms. The second kappa shape index (κ2) is 26.4. The first kappa shape index (κ1) is 72.4. The molecule has 0 aromatic carbocycles. The number of alkyl carbamates (subject to hydrolysis) is 1. The topological polar surface area (TPSA) is 310 Å². The van der Waals surface area contributed by atoms with Gasteiger partial charge < -0.3 is 89.2 Å². The van der Waals surface area contributed by atoms with Crippen molar-refractivity contribution in [3.63, 3.8) is 0 Å². The van der Waals surface area contributed by atoms with Crippen LogP contribution in [0.4, 0.5) is 4.79 Å². The van der Waals surface area contributed by atoms with Crippen molar-refractivity contribution in [2.45, 2.75) is 322 Å². The minimum atomic E-state index is -1.95. The van der Waals surface area contributed by atoms with Crippen LogP contribution in [0.15, 0.2) is 11.6 Å². The summed E-state index contributed by atoms with van der Waals surface area (Å²) in [4.78, 5) is 43.4. The Kier molecular flexibility index (Phi) is 20.1. The normalized spacial score (nSPS) is 52.7. The molecule has 11 fully saturated rings. The van der Waals surface area contributed by atoms with Gasteiger partial charge >= 0.3 is 12.1 Å². The highest BCUT2D eigenvalue weighted by Gasteiger charge is 2.73. The van der Waals surface area contributed by atoms with E-state index in [2.05, 4.69) is 80.6 Å². The molecular weight excluding hydrogens is 1220 g/mol. The first-order valence-electron chi connectivity index (χ1n) is 37.3. The first-order chi connectivity index (χ1) is 44.7. The number of aliphatic hydroxyl groups is 9. The molecule has 15 unspecified atom stereocenters. The SMILES string of the molecule is CC(C)CCC[C@@H](C)C1CC[C@H]2[C@H]3CC[C@H]4C[C@@H](OC(=O)N[C@@H]5C(O)C(O[C@@H]6O[C@H](C)[C@H](O[C@@H]7OC[C@@H](O)C(O)C7O)C(O)C6O)[C@H](OC(=O)[C@]67CCC(C)(C)CC6C6=CCC8C9(C)CC[C@H](O)C(C)(C=O)[C@@H]9CCC8(C)[C@]6(C)C[C@@H]7O)O[C@@H]5CO)CCC4(C)C3CCC12C. The molecule has 20 heteroatoms. The van der Waals surface area contributed by atoms with Crippen molar-refractivity contribution in [1.29, 1.82) is 0 Å². The van der Waals surface area contributed by atoms with Crippen LogP contribution in [0.25, 0.3) is 0 Å². The summed E-state index contributed by atoms with van der Waals surface area (Å²) >= 11 is 0. The predicted molar refractivity (Wildman–Crippen MR) is 349 cm³/mol. The van der Waals surface area contributed by atoms with Gasteiger partial charge in [0.25, 0.3) is 0 Å². The van der Waals surface area contributed by atoms with E-state index in [1.54, 1.807) is 0 Å². The molecule has 20 nitrogen and oxygen atoms in total. The lowest BCUT2D eigenvalue weighted by atomic mass is 9.33.